The lowest BCUT2D eigenvalue weighted by atomic mass is 10.1. The van der Waals surface area contributed by atoms with Gasteiger partial charge in [0.1, 0.15) is 0 Å². The van der Waals surface area contributed by atoms with Crippen LogP contribution in [0.5, 0.6) is 0 Å². The molecule has 0 saturated carbocycles. The minimum Gasteiger partial charge on any atom is -0.282 e. The van der Waals surface area contributed by atoms with Crippen molar-refractivity contribution in [2.75, 3.05) is 23.0 Å². The van der Waals surface area contributed by atoms with Gasteiger partial charge in [0.05, 0.1) is 9.16 Å². The van der Waals surface area contributed by atoms with E-state index in [1.807, 2.05) is 70.6 Å². The highest BCUT2D eigenvalue weighted by molar-refractivity contribution is 8.24. The van der Waals surface area contributed by atoms with Crippen molar-refractivity contribution >= 4 is 104 Å². The first-order chi connectivity index (χ1) is 18.4. The fourth-order valence-corrected chi connectivity index (χ4v) is 14.0. The Labute approximate surface area is 262 Å². The molecule has 0 saturated heterocycles. The molecule has 2 aliphatic heterocycles. The summed E-state index contributed by atoms with van der Waals surface area (Å²) in [6, 6.07) is 9.07. The van der Waals surface area contributed by atoms with Crippen LogP contribution in [0.2, 0.25) is 0 Å². The average Bonchev–Trinajstić information content (AvgIpc) is 3.62. The molecule has 1 aromatic carbocycles. The monoisotopic (exact) mass is 658 g/mol. The molecule has 2 aliphatic rings. The van der Waals surface area contributed by atoms with Crippen molar-refractivity contribution in [3.63, 3.8) is 0 Å². The van der Waals surface area contributed by atoms with E-state index in [1.165, 1.54) is 55.3 Å². The van der Waals surface area contributed by atoms with Gasteiger partial charge in [0.15, 0.2) is 0 Å². The predicted octanol–water partition coefficient (Wildman–Crippen LogP) is 10.1. The summed E-state index contributed by atoms with van der Waals surface area (Å²) in [7, 11) is 0. The fourth-order valence-electron chi connectivity index (χ4n) is 3.46. The van der Waals surface area contributed by atoms with Gasteiger partial charge in [-0.15, -0.1) is 70.6 Å². The molecule has 0 fully saturated rings. The van der Waals surface area contributed by atoms with Gasteiger partial charge >= 0.3 is 0 Å². The Morgan fingerprint density at radius 3 is 1.53 bits per heavy atom. The van der Waals surface area contributed by atoms with Gasteiger partial charge in [0.25, 0.3) is 0 Å². The summed E-state index contributed by atoms with van der Waals surface area (Å²) in [5.74, 6) is 4.97. The van der Waals surface area contributed by atoms with Crippen LogP contribution >= 0.6 is 94.1 Å². The molecule has 2 heterocycles. The molecule has 3 rings (SSSR count). The van der Waals surface area contributed by atoms with Gasteiger partial charge in [0, 0.05) is 42.6 Å². The van der Waals surface area contributed by atoms with Gasteiger partial charge in [0.2, 0.25) is 10.2 Å². The number of thioether (sulfide) groups is 8. The normalized spacial score (nSPS) is 20.5. The Hall–Kier alpha value is 0.320. The van der Waals surface area contributed by atoms with Crippen LogP contribution in [0.4, 0.5) is 0 Å². The van der Waals surface area contributed by atoms with Gasteiger partial charge in [-0.2, -0.15) is 0 Å². The largest absolute Gasteiger partial charge is 0.282 e. The van der Waals surface area contributed by atoms with Crippen LogP contribution in [0.1, 0.15) is 26.7 Å². The van der Waals surface area contributed by atoms with Crippen LogP contribution in [-0.4, -0.2) is 42.4 Å². The molecule has 0 N–H and O–H groups in total. The quantitative estimate of drug-likeness (QED) is 0.126. The summed E-state index contributed by atoms with van der Waals surface area (Å²) in [6.07, 6.45) is 5.09. The lowest BCUT2D eigenvalue weighted by Gasteiger charge is -2.21. The van der Waals surface area contributed by atoms with E-state index in [1.54, 1.807) is 0 Å². The van der Waals surface area contributed by atoms with E-state index in [0.29, 0.717) is 21.0 Å². The molecule has 206 valence electrons. The van der Waals surface area contributed by atoms with Crippen LogP contribution in [-0.2, 0) is 9.59 Å². The van der Waals surface area contributed by atoms with Crippen molar-refractivity contribution in [3.8, 4) is 0 Å². The highest BCUT2D eigenvalue weighted by atomic mass is 32.2. The lowest BCUT2D eigenvalue weighted by molar-refractivity contribution is -0.107. The van der Waals surface area contributed by atoms with E-state index in [0.717, 1.165) is 35.9 Å². The number of carbonyl (C=O) groups excluding carboxylic acids is 2. The maximum atomic E-state index is 11.5. The third kappa shape index (κ3) is 11.0. The molecule has 0 amide bonds. The lowest BCUT2D eigenvalue weighted by Crippen LogP contribution is -2.14. The maximum absolute atomic E-state index is 11.5. The first kappa shape index (κ1) is 32.8. The number of hydrogen-bond donors (Lipinski definition) is 0. The second-order valence-corrected chi connectivity index (χ2v) is 17.8. The van der Waals surface area contributed by atoms with Crippen molar-refractivity contribution < 1.29 is 9.59 Å². The van der Waals surface area contributed by atoms with E-state index in [9.17, 15) is 9.59 Å². The van der Waals surface area contributed by atoms with Gasteiger partial charge < -0.3 is 0 Å². The second kappa shape index (κ2) is 18.0. The molecule has 38 heavy (non-hydrogen) atoms. The number of carbonyl (C=O) groups is 2. The van der Waals surface area contributed by atoms with Crippen molar-refractivity contribution in [1.29, 1.82) is 0 Å². The van der Waals surface area contributed by atoms with Crippen LogP contribution in [0.25, 0.3) is 0 Å². The molecule has 2 nitrogen and oxygen atoms in total. The second-order valence-electron chi connectivity index (χ2n) is 8.47. The van der Waals surface area contributed by atoms with Crippen LogP contribution in [0.3, 0.4) is 0 Å². The third-order valence-corrected chi connectivity index (χ3v) is 16.5. The first-order valence-corrected chi connectivity index (χ1v) is 20.0. The molecule has 0 aliphatic carbocycles. The van der Waals surface area contributed by atoms with Crippen molar-refractivity contribution in [3.05, 3.63) is 70.2 Å². The standard InChI is InChI=1S/C28H34O2S8/c1-5-19(27-35-17-23(37-27)15-33-25(29)7-3)13-31-21-9-11-22(12-10-21)32-14-20(6-2)28-36-18-24(38-28)16-34-26(30)8-4/h7-12,17-20,27-28H,3-6,13-16H2,1-2H3. The molecule has 4 atom stereocenters. The van der Waals surface area contributed by atoms with Crippen molar-refractivity contribution in [2.24, 2.45) is 11.8 Å². The molecule has 0 bridgehead atoms. The molecule has 1 aromatic rings. The van der Waals surface area contributed by atoms with Crippen LogP contribution in [0.15, 0.2) is 80.0 Å². The Morgan fingerprint density at radius 1 is 0.789 bits per heavy atom. The zero-order valence-electron chi connectivity index (χ0n) is 21.7. The summed E-state index contributed by atoms with van der Waals surface area (Å²) in [5, 5.41) is 4.57. The Morgan fingerprint density at radius 2 is 1.18 bits per heavy atom. The average molecular weight is 659 g/mol. The number of hydrogen-bond acceptors (Lipinski definition) is 10. The molecule has 0 aromatic heterocycles. The molecule has 4 unspecified atom stereocenters. The van der Waals surface area contributed by atoms with E-state index < -0.39 is 0 Å². The summed E-state index contributed by atoms with van der Waals surface area (Å²) in [6.45, 7) is 11.7. The SMILES string of the molecule is C=CC(=O)SCC1=CSC(C(CC)CSc2ccc(SCC(CC)C3SC=C(CSC(=O)C=C)S3)cc2)S1. The summed E-state index contributed by atoms with van der Waals surface area (Å²) in [4.78, 5) is 28.3. The Bertz CT molecular complexity index is 939. The third-order valence-electron chi connectivity index (χ3n) is 5.82. The summed E-state index contributed by atoms with van der Waals surface area (Å²) >= 11 is 14.3. The first-order valence-electron chi connectivity index (χ1n) is 12.4. The van der Waals surface area contributed by atoms with E-state index in [2.05, 4.69) is 62.1 Å². The number of benzene rings is 1. The zero-order valence-corrected chi connectivity index (χ0v) is 28.2. The van der Waals surface area contributed by atoms with Crippen LogP contribution < -0.4 is 0 Å². The topological polar surface area (TPSA) is 34.1 Å². The van der Waals surface area contributed by atoms with E-state index in [-0.39, 0.29) is 10.2 Å². The van der Waals surface area contributed by atoms with Gasteiger partial charge in [-0.25, -0.2) is 0 Å². The van der Waals surface area contributed by atoms with Gasteiger partial charge in [-0.05, 0) is 59.1 Å². The Kier molecular flexibility index (Phi) is 15.5. The zero-order chi connectivity index (χ0) is 27.3. The van der Waals surface area contributed by atoms with Crippen LogP contribution in [0, 0.1) is 11.8 Å². The highest BCUT2D eigenvalue weighted by Crippen LogP contribution is 2.48. The molecule has 0 spiro atoms. The predicted molar refractivity (Wildman–Crippen MR) is 185 cm³/mol. The summed E-state index contributed by atoms with van der Waals surface area (Å²) < 4.78 is 1.07. The van der Waals surface area contributed by atoms with Gasteiger partial charge in [-0.3, -0.25) is 9.59 Å². The maximum Gasteiger partial charge on any atom is 0.211 e. The highest BCUT2D eigenvalue weighted by Gasteiger charge is 2.28. The van der Waals surface area contributed by atoms with E-state index >= 15 is 0 Å². The molecule has 10 heteroatoms. The van der Waals surface area contributed by atoms with E-state index in [4.69, 9.17) is 0 Å². The minimum atomic E-state index is 0.0460. The fraction of sp³-hybridized carbons (Fsp3) is 0.429. The number of rotatable bonds is 16. The molecule has 0 radical (unpaired) electrons. The summed E-state index contributed by atoms with van der Waals surface area (Å²) in [5.41, 5.74) is 0. The minimum absolute atomic E-state index is 0.0460. The van der Waals surface area contributed by atoms with Crippen molar-refractivity contribution in [1.82, 2.24) is 0 Å². The molecular weight excluding hydrogens is 625 g/mol. The smallest absolute Gasteiger partial charge is 0.211 e. The Balaban J connectivity index is 1.39. The van der Waals surface area contributed by atoms with Crippen molar-refractivity contribution in [2.45, 2.75) is 45.6 Å². The van der Waals surface area contributed by atoms with Gasteiger partial charge in [-0.1, -0.05) is 63.4 Å². The molecular formula is C28H34O2S8.